The molecule has 1 saturated heterocycles. The van der Waals surface area contributed by atoms with E-state index in [0.717, 1.165) is 17.8 Å². The van der Waals surface area contributed by atoms with Gasteiger partial charge in [0.05, 0.1) is 17.0 Å². The van der Waals surface area contributed by atoms with Gasteiger partial charge in [-0.2, -0.15) is 0 Å². The van der Waals surface area contributed by atoms with E-state index in [1.54, 1.807) is 38.1 Å². The summed E-state index contributed by atoms with van der Waals surface area (Å²) >= 11 is 6.90. The molecule has 7 nitrogen and oxygen atoms in total. The molecule has 0 spiro atoms. The van der Waals surface area contributed by atoms with Crippen LogP contribution in [-0.2, 0) is 14.3 Å². The Labute approximate surface area is 177 Å². The fraction of sp³-hybridized carbons (Fsp3) is 0.350. The molecule has 9 heteroatoms. The van der Waals surface area contributed by atoms with E-state index in [9.17, 15) is 14.4 Å². The molecule has 1 aromatic heterocycles. The number of hydrogen-bond acceptors (Lipinski definition) is 6. The molecule has 1 atom stereocenters. The predicted octanol–water partition coefficient (Wildman–Crippen LogP) is 4.26. The maximum absolute atomic E-state index is 12.8. The lowest BCUT2D eigenvalue weighted by atomic mass is 10.1. The number of carbonyl (C=O) groups excluding carboxylic acids is 3. The fourth-order valence-corrected chi connectivity index (χ4v) is 4.18. The summed E-state index contributed by atoms with van der Waals surface area (Å²) in [6.07, 6.45) is 0.870. The number of nitrogens with one attached hydrogen (secondary N) is 2. The van der Waals surface area contributed by atoms with Crippen LogP contribution in [-0.4, -0.2) is 37.1 Å². The second kappa shape index (κ2) is 9.39. The Bertz CT molecular complexity index is 920. The van der Waals surface area contributed by atoms with Crippen molar-refractivity contribution in [3.63, 3.8) is 0 Å². The van der Waals surface area contributed by atoms with Crippen molar-refractivity contribution in [2.75, 3.05) is 23.8 Å². The number of halogens is 1. The number of amides is 2. The highest BCUT2D eigenvalue weighted by Crippen LogP contribution is 2.35. The molecule has 0 saturated carbocycles. The van der Waals surface area contributed by atoms with E-state index in [2.05, 4.69) is 10.6 Å². The van der Waals surface area contributed by atoms with Gasteiger partial charge in [-0.3, -0.25) is 9.59 Å². The maximum Gasteiger partial charge on any atom is 0.341 e. The second-order valence-corrected chi connectivity index (χ2v) is 7.89. The molecule has 154 valence electrons. The summed E-state index contributed by atoms with van der Waals surface area (Å²) in [5.74, 6) is -1.31. The standard InChI is InChI=1S/C20H21ClN2O5S/c1-3-27-20(26)15-11(2)16(18(25)22-13-8-6-12(21)7-9-13)29-19(15)23-17(24)14-5-4-10-28-14/h6-9,14H,3-5,10H2,1-2H3,(H,22,25)(H,23,24). The number of thiophene rings is 1. The van der Waals surface area contributed by atoms with Crippen LogP contribution in [0.25, 0.3) is 0 Å². The lowest BCUT2D eigenvalue weighted by Crippen LogP contribution is -2.27. The maximum atomic E-state index is 12.8. The van der Waals surface area contributed by atoms with Gasteiger partial charge in [-0.15, -0.1) is 11.3 Å². The first-order valence-electron chi connectivity index (χ1n) is 9.20. The molecule has 1 fully saturated rings. The van der Waals surface area contributed by atoms with Crippen LogP contribution in [0.5, 0.6) is 0 Å². The Hall–Kier alpha value is -2.42. The van der Waals surface area contributed by atoms with E-state index in [0.29, 0.717) is 34.2 Å². The molecule has 3 rings (SSSR count). The molecular formula is C20H21ClN2O5S. The van der Waals surface area contributed by atoms with E-state index < -0.39 is 18.0 Å². The van der Waals surface area contributed by atoms with Crippen molar-refractivity contribution < 1.29 is 23.9 Å². The lowest BCUT2D eigenvalue weighted by molar-refractivity contribution is -0.124. The van der Waals surface area contributed by atoms with Gasteiger partial charge in [0.2, 0.25) is 0 Å². The SMILES string of the molecule is CCOC(=O)c1c(NC(=O)C2CCCO2)sc(C(=O)Nc2ccc(Cl)cc2)c1C. The largest absolute Gasteiger partial charge is 0.462 e. The van der Waals surface area contributed by atoms with Crippen molar-refractivity contribution in [1.29, 1.82) is 0 Å². The molecule has 2 amide bonds. The van der Waals surface area contributed by atoms with Gasteiger partial charge in [0.1, 0.15) is 11.1 Å². The average molecular weight is 437 g/mol. The molecule has 2 heterocycles. The van der Waals surface area contributed by atoms with E-state index in [1.807, 2.05) is 0 Å². The monoisotopic (exact) mass is 436 g/mol. The molecule has 0 aliphatic carbocycles. The first-order chi connectivity index (χ1) is 13.9. The summed E-state index contributed by atoms with van der Waals surface area (Å²) in [5.41, 5.74) is 1.20. The summed E-state index contributed by atoms with van der Waals surface area (Å²) in [4.78, 5) is 38.0. The third kappa shape index (κ3) is 4.95. The first kappa shape index (κ1) is 21.3. The van der Waals surface area contributed by atoms with Crippen LogP contribution in [0.15, 0.2) is 24.3 Å². The van der Waals surface area contributed by atoms with E-state index in [-0.39, 0.29) is 23.1 Å². The summed E-state index contributed by atoms with van der Waals surface area (Å²) in [6, 6.07) is 6.68. The summed E-state index contributed by atoms with van der Waals surface area (Å²) < 4.78 is 10.5. The minimum Gasteiger partial charge on any atom is -0.462 e. The van der Waals surface area contributed by atoms with Crippen molar-refractivity contribution >= 4 is 51.4 Å². The number of benzene rings is 1. The van der Waals surface area contributed by atoms with Crippen LogP contribution in [0.1, 0.15) is 45.4 Å². The van der Waals surface area contributed by atoms with Gasteiger partial charge in [0.25, 0.3) is 11.8 Å². The highest BCUT2D eigenvalue weighted by molar-refractivity contribution is 7.19. The average Bonchev–Trinajstić information content (AvgIpc) is 3.32. The molecule has 29 heavy (non-hydrogen) atoms. The van der Waals surface area contributed by atoms with Gasteiger partial charge >= 0.3 is 5.97 Å². The highest BCUT2D eigenvalue weighted by atomic mass is 35.5. The number of carbonyl (C=O) groups is 3. The molecule has 2 aromatic rings. The smallest absolute Gasteiger partial charge is 0.341 e. The van der Waals surface area contributed by atoms with Crippen molar-refractivity contribution in [3.8, 4) is 0 Å². The summed E-state index contributed by atoms with van der Waals surface area (Å²) in [7, 11) is 0. The van der Waals surface area contributed by atoms with Crippen LogP contribution >= 0.6 is 22.9 Å². The zero-order valence-electron chi connectivity index (χ0n) is 16.0. The van der Waals surface area contributed by atoms with Gasteiger partial charge in [-0.05, 0) is 56.5 Å². The zero-order chi connectivity index (χ0) is 21.0. The van der Waals surface area contributed by atoms with Crippen LogP contribution in [0.3, 0.4) is 0 Å². The molecule has 1 aliphatic heterocycles. The second-order valence-electron chi connectivity index (χ2n) is 6.43. The summed E-state index contributed by atoms with van der Waals surface area (Å²) in [5, 5.41) is 6.34. The van der Waals surface area contributed by atoms with Gasteiger partial charge in [0, 0.05) is 17.3 Å². The molecule has 1 aliphatic rings. The third-order valence-electron chi connectivity index (χ3n) is 4.39. The van der Waals surface area contributed by atoms with Crippen LogP contribution < -0.4 is 10.6 Å². The Morgan fingerprint density at radius 2 is 1.97 bits per heavy atom. The first-order valence-corrected chi connectivity index (χ1v) is 10.4. The number of esters is 1. The molecule has 0 bridgehead atoms. The van der Waals surface area contributed by atoms with Crippen LogP contribution in [0, 0.1) is 6.92 Å². The minimum absolute atomic E-state index is 0.180. The predicted molar refractivity (Wildman–Crippen MR) is 112 cm³/mol. The van der Waals surface area contributed by atoms with Gasteiger partial charge in [-0.1, -0.05) is 11.6 Å². The molecular weight excluding hydrogens is 416 g/mol. The van der Waals surface area contributed by atoms with Gasteiger partial charge in [-0.25, -0.2) is 4.79 Å². The van der Waals surface area contributed by atoms with Crippen LogP contribution in [0.4, 0.5) is 10.7 Å². The van der Waals surface area contributed by atoms with E-state index >= 15 is 0 Å². The topological polar surface area (TPSA) is 93.7 Å². The van der Waals surface area contributed by atoms with Gasteiger partial charge in [0.15, 0.2) is 0 Å². The quantitative estimate of drug-likeness (QED) is 0.660. The molecule has 1 aromatic carbocycles. The summed E-state index contributed by atoms with van der Waals surface area (Å²) in [6.45, 7) is 4.06. The highest BCUT2D eigenvalue weighted by Gasteiger charge is 2.30. The Morgan fingerprint density at radius 1 is 1.24 bits per heavy atom. The number of anilines is 2. The lowest BCUT2D eigenvalue weighted by Gasteiger charge is -2.10. The van der Waals surface area contributed by atoms with Crippen molar-refractivity contribution in [1.82, 2.24) is 0 Å². The van der Waals surface area contributed by atoms with Crippen molar-refractivity contribution in [3.05, 3.63) is 45.3 Å². The molecule has 2 N–H and O–H groups in total. The fourth-order valence-electron chi connectivity index (χ4n) is 2.97. The Morgan fingerprint density at radius 3 is 2.59 bits per heavy atom. The number of hydrogen-bond donors (Lipinski definition) is 2. The Kier molecular flexibility index (Phi) is 6.89. The van der Waals surface area contributed by atoms with Crippen molar-refractivity contribution in [2.24, 2.45) is 0 Å². The third-order valence-corrected chi connectivity index (χ3v) is 5.85. The normalized spacial score (nSPS) is 15.8. The Balaban J connectivity index is 1.88. The minimum atomic E-state index is -0.588. The van der Waals surface area contributed by atoms with Crippen molar-refractivity contribution in [2.45, 2.75) is 32.8 Å². The molecule has 0 radical (unpaired) electrons. The zero-order valence-corrected chi connectivity index (χ0v) is 17.6. The van der Waals surface area contributed by atoms with E-state index in [1.165, 1.54) is 0 Å². The molecule has 1 unspecified atom stereocenters. The van der Waals surface area contributed by atoms with Gasteiger partial charge < -0.3 is 20.1 Å². The van der Waals surface area contributed by atoms with Crippen LogP contribution in [0.2, 0.25) is 5.02 Å². The number of ether oxygens (including phenoxy) is 2. The van der Waals surface area contributed by atoms with E-state index in [4.69, 9.17) is 21.1 Å². The number of rotatable bonds is 6.